The topological polar surface area (TPSA) is 63.2 Å². The average Bonchev–Trinajstić information content (AvgIpc) is 2.71. The third-order valence-corrected chi connectivity index (χ3v) is 5.41. The Labute approximate surface area is 173 Å². The lowest BCUT2D eigenvalue weighted by molar-refractivity contribution is 0.167. The smallest absolute Gasteiger partial charge is 0.490 e. The van der Waals surface area contributed by atoms with Gasteiger partial charge in [-0.25, -0.2) is 4.57 Å². The van der Waals surface area contributed by atoms with Crippen molar-refractivity contribution in [2.24, 2.45) is 0 Å². The minimum Gasteiger partial charge on any atom is -0.490 e. The third kappa shape index (κ3) is 6.77. The molecule has 0 bridgehead atoms. The van der Waals surface area contributed by atoms with Crippen LogP contribution in [0, 0.1) is 0 Å². The second-order valence-corrected chi connectivity index (χ2v) is 7.83. The SMILES string of the molecule is CCCOc1cccc(-c2cccc(OP(=O)(OCC)OCC)c2)c1OCCC. The summed E-state index contributed by atoms with van der Waals surface area (Å²) in [6.45, 7) is 9.25. The van der Waals surface area contributed by atoms with Crippen LogP contribution in [-0.4, -0.2) is 26.4 Å². The molecule has 0 heterocycles. The van der Waals surface area contributed by atoms with Crippen molar-refractivity contribution < 1.29 is 27.6 Å². The molecule has 160 valence electrons. The summed E-state index contributed by atoms with van der Waals surface area (Å²) in [6.07, 6.45) is 1.79. The molecule has 6 nitrogen and oxygen atoms in total. The van der Waals surface area contributed by atoms with Gasteiger partial charge in [0.2, 0.25) is 0 Å². The molecule has 0 saturated carbocycles. The Balaban J connectivity index is 2.39. The van der Waals surface area contributed by atoms with E-state index in [0.717, 1.165) is 24.0 Å². The van der Waals surface area contributed by atoms with E-state index in [1.54, 1.807) is 26.0 Å². The van der Waals surface area contributed by atoms with Gasteiger partial charge in [-0.3, -0.25) is 9.05 Å². The van der Waals surface area contributed by atoms with Crippen LogP contribution in [0.5, 0.6) is 17.2 Å². The molecule has 7 heteroatoms. The van der Waals surface area contributed by atoms with Gasteiger partial charge in [-0.05, 0) is 50.5 Å². The van der Waals surface area contributed by atoms with Crippen LogP contribution in [0.4, 0.5) is 0 Å². The van der Waals surface area contributed by atoms with Crippen LogP contribution in [0.3, 0.4) is 0 Å². The second kappa shape index (κ2) is 11.9. The molecule has 0 radical (unpaired) electrons. The summed E-state index contributed by atoms with van der Waals surface area (Å²) in [5.41, 5.74) is 1.73. The highest BCUT2D eigenvalue weighted by atomic mass is 31.2. The zero-order chi connectivity index (χ0) is 21.1. The first-order valence-corrected chi connectivity index (χ1v) is 11.6. The summed E-state index contributed by atoms with van der Waals surface area (Å²) in [7, 11) is -3.66. The van der Waals surface area contributed by atoms with Gasteiger partial charge in [0, 0.05) is 5.56 Å². The van der Waals surface area contributed by atoms with E-state index in [0.29, 0.717) is 30.5 Å². The lowest BCUT2D eigenvalue weighted by atomic mass is 10.0. The number of hydrogen-bond donors (Lipinski definition) is 0. The van der Waals surface area contributed by atoms with Crippen LogP contribution in [0.2, 0.25) is 0 Å². The molecule has 0 fully saturated rings. The predicted molar refractivity (Wildman–Crippen MR) is 115 cm³/mol. The van der Waals surface area contributed by atoms with E-state index < -0.39 is 7.82 Å². The minimum absolute atomic E-state index is 0.225. The quantitative estimate of drug-likeness (QED) is 0.344. The Morgan fingerprint density at radius 2 is 1.48 bits per heavy atom. The number of phosphoric acid groups is 1. The van der Waals surface area contributed by atoms with Crippen molar-refractivity contribution in [2.45, 2.75) is 40.5 Å². The highest BCUT2D eigenvalue weighted by Gasteiger charge is 2.27. The first-order chi connectivity index (χ1) is 14.1. The minimum atomic E-state index is -3.66. The number of hydrogen-bond acceptors (Lipinski definition) is 6. The van der Waals surface area contributed by atoms with Gasteiger partial charge in [-0.2, -0.15) is 0 Å². The van der Waals surface area contributed by atoms with Crippen LogP contribution in [0.1, 0.15) is 40.5 Å². The van der Waals surface area contributed by atoms with Crippen LogP contribution in [-0.2, 0) is 13.6 Å². The molecule has 0 aliphatic heterocycles. The standard InChI is InChI=1S/C22H31O6P/c1-5-15-24-21-14-10-13-20(22(21)25-16-6-2)18-11-9-12-19(17-18)28-29(23,26-7-3)27-8-4/h9-14,17H,5-8,15-16H2,1-4H3. The number of ether oxygens (including phenoxy) is 2. The summed E-state index contributed by atoms with van der Waals surface area (Å²) in [5, 5.41) is 0. The summed E-state index contributed by atoms with van der Waals surface area (Å²) in [4.78, 5) is 0. The summed E-state index contributed by atoms with van der Waals surface area (Å²) in [6, 6.07) is 13.1. The largest absolute Gasteiger partial charge is 0.530 e. The van der Waals surface area contributed by atoms with Gasteiger partial charge in [0.1, 0.15) is 5.75 Å². The third-order valence-electron chi connectivity index (χ3n) is 3.83. The molecule has 2 aromatic carbocycles. The zero-order valence-corrected chi connectivity index (χ0v) is 18.6. The van der Waals surface area contributed by atoms with E-state index in [1.807, 2.05) is 30.3 Å². The van der Waals surface area contributed by atoms with Gasteiger partial charge in [0.15, 0.2) is 11.5 Å². The van der Waals surface area contributed by atoms with Crippen molar-refractivity contribution in [3.05, 3.63) is 42.5 Å². The molecule has 0 amide bonds. The zero-order valence-electron chi connectivity index (χ0n) is 17.7. The van der Waals surface area contributed by atoms with Gasteiger partial charge < -0.3 is 14.0 Å². The van der Waals surface area contributed by atoms with Crippen molar-refractivity contribution in [1.29, 1.82) is 0 Å². The van der Waals surface area contributed by atoms with Crippen molar-refractivity contribution in [3.8, 4) is 28.4 Å². The first kappa shape index (κ1) is 23.3. The van der Waals surface area contributed by atoms with E-state index in [4.69, 9.17) is 23.0 Å². The normalized spacial score (nSPS) is 11.3. The molecule has 0 spiro atoms. The Hall–Kier alpha value is -2.01. The molecule has 0 atom stereocenters. The van der Waals surface area contributed by atoms with Gasteiger partial charge in [0.05, 0.1) is 26.4 Å². The molecule has 0 saturated heterocycles. The fourth-order valence-electron chi connectivity index (χ4n) is 2.68. The van der Waals surface area contributed by atoms with E-state index in [1.165, 1.54) is 0 Å². The first-order valence-electron chi connectivity index (χ1n) is 10.1. The van der Waals surface area contributed by atoms with Gasteiger partial charge in [-0.1, -0.05) is 38.1 Å². The average molecular weight is 422 g/mol. The Morgan fingerprint density at radius 1 is 0.828 bits per heavy atom. The number of rotatable bonds is 13. The maximum absolute atomic E-state index is 12.7. The molecule has 0 unspecified atom stereocenters. The van der Waals surface area contributed by atoms with E-state index >= 15 is 0 Å². The van der Waals surface area contributed by atoms with E-state index in [9.17, 15) is 4.57 Å². The number of benzene rings is 2. The second-order valence-electron chi connectivity index (χ2n) is 6.23. The molecule has 0 aliphatic rings. The summed E-state index contributed by atoms with van der Waals surface area (Å²) >= 11 is 0. The van der Waals surface area contributed by atoms with Crippen molar-refractivity contribution in [2.75, 3.05) is 26.4 Å². The van der Waals surface area contributed by atoms with Crippen LogP contribution in [0.15, 0.2) is 42.5 Å². The Bertz CT molecular complexity index is 798. The van der Waals surface area contributed by atoms with Gasteiger partial charge >= 0.3 is 7.82 Å². The summed E-state index contributed by atoms with van der Waals surface area (Å²) in [5.74, 6) is 1.80. The van der Waals surface area contributed by atoms with Crippen molar-refractivity contribution in [3.63, 3.8) is 0 Å². The summed E-state index contributed by atoms with van der Waals surface area (Å²) < 4.78 is 40.6. The molecule has 0 aliphatic carbocycles. The highest BCUT2D eigenvalue weighted by molar-refractivity contribution is 7.48. The molecular weight excluding hydrogens is 391 g/mol. The van der Waals surface area contributed by atoms with Crippen LogP contribution in [0.25, 0.3) is 11.1 Å². The molecular formula is C22H31O6P. The number of phosphoric ester groups is 1. The van der Waals surface area contributed by atoms with Crippen LogP contribution >= 0.6 is 7.82 Å². The maximum atomic E-state index is 12.7. The fourth-order valence-corrected chi connectivity index (χ4v) is 3.86. The highest BCUT2D eigenvalue weighted by Crippen LogP contribution is 2.50. The Morgan fingerprint density at radius 3 is 2.14 bits per heavy atom. The van der Waals surface area contributed by atoms with Crippen molar-refractivity contribution in [1.82, 2.24) is 0 Å². The van der Waals surface area contributed by atoms with Crippen LogP contribution < -0.4 is 14.0 Å². The molecule has 29 heavy (non-hydrogen) atoms. The monoisotopic (exact) mass is 422 g/mol. The maximum Gasteiger partial charge on any atom is 0.530 e. The molecule has 0 N–H and O–H groups in total. The molecule has 2 aromatic rings. The Kier molecular flexibility index (Phi) is 9.52. The fraction of sp³-hybridized carbons (Fsp3) is 0.455. The van der Waals surface area contributed by atoms with E-state index in [-0.39, 0.29) is 13.2 Å². The number of para-hydroxylation sites is 1. The molecule has 2 rings (SSSR count). The lowest BCUT2D eigenvalue weighted by Crippen LogP contribution is -2.03. The predicted octanol–water partition coefficient (Wildman–Crippen LogP) is 6.49. The lowest BCUT2D eigenvalue weighted by Gasteiger charge is -2.19. The van der Waals surface area contributed by atoms with Crippen molar-refractivity contribution >= 4 is 7.82 Å². The van der Waals surface area contributed by atoms with Gasteiger partial charge in [-0.15, -0.1) is 0 Å². The van der Waals surface area contributed by atoms with Gasteiger partial charge in [0.25, 0.3) is 0 Å². The molecule has 0 aromatic heterocycles. The van der Waals surface area contributed by atoms with E-state index in [2.05, 4.69) is 13.8 Å².